The van der Waals surface area contributed by atoms with E-state index in [1.165, 1.54) is 32.1 Å². The summed E-state index contributed by atoms with van der Waals surface area (Å²) in [5.74, 6) is 7.04. The van der Waals surface area contributed by atoms with Crippen LogP contribution in [0.25, 0.3) is 5.65 Å². The van der Waals surface area contributed by atoms with Crippen LogP contribution in [0.1, 0.15) is 32.1 Å². The number of nitrogen functional groups attached to an aromatic ring is 1. The standard InChI is InChI=1S/C13H20N6/c1-18(10-5-3-2-4-6-10)13-12-15-7-8-19(12)9-11(16-13)17-14/h7-10,17H,2-6,14H2,1H3. The van der Waals surface area contributed by atoms with Crippen molar-refractivity contribution < 1.29 is 0 Å². The molecule has 2 aromatic rings. The van der Waals surface area contributed by atoms with Crippen LogP contribution in [0.2, 0.25) is 0 Å². The van der Waals surface area contributed by atoms with Crippen molar-refractivity contribution in [3.05, 3.63) is 18.6 Å². The van der Waals surface area contributed by atoms with Gasteiger partial charge in [-0.15, -0.1) is 0 Å². The van der Waals surface area contributed by atoms with Gasteiger partial charge in [-0.25, -0.2) is 15.8 Å². The molecular formula is C13H20N6. The Labute approximate surface area is 112 Å². The molecule has 6 nitrogen and oxygen atoms in total. The molecule has 0 saturated heterocycles. The lowest BCUT2D eigenvalue weighted by molar-refractivity contribution is 0.426. The second-order valence-electron chi connectivity index (χ2n) is 5.15. The Hall–Kier alpha value is -1.82. The smallest absolute Gasteiger partial charge is 0.180 e. The highest BCUT2D eigenvalue weighted by Crippen LogP contribution is 2.27. The molecule has 0 bridgehead atoms. The lowest BCUT2D eigenvalue weighted by atomic mass is 9.94. The highest BCUT2D eigenvalue weighted by Gasteiger charge is 2.22. The van der Waals surface area contributed by atoms with Crippen LogP contribution in [0.3, 0.4) is 0 Å². The highest BCUT2D eigenvalue weighted by atomic mass is 15.3. The molecule has 3 N–H and O–H groups in total. The zero-order chi connectivity index (χ0) is 13.2. The lowest BCUT2D eigenvalue weighted by Crippen LogP contribution is -2.34. The third-order valence-corrected chi connectivity index (χ3v) is 3.96. The Morgan fingerprint density at radius 2 is 2.16 bits per heavy atom. The van der Waals surface area contributed by atoms with Crippen LogP contribution < -0.4 is 16.2 Å². The molecular weight excluding hydrogens is 240 g/mol. The topological polar surface area (TPSA) is 71.5 Å². The second-order valence-corrected chi connectivity index (χ2v) is 5.15. The Balaban J connectivity index is 1.99. The molecule has 1 aliphatic carbocycles. The fourth-order valence-electron chi connectivity index (χ4n) is 2.86. The van der Waals surface area contributed by atoms with Crippen molar-refractivity contribution in [2.24, 2.45) is 5.84 Å². The maximum absolute atomic E-state index is 5.49. The van der Waals surface area contributed by atoms with E-state index < -0.39 is 0 Å². The zero-order valence-corrected chi connectivity index (χ0v) is 11.2. The van der Waals surface area contributed by atoms with Gasteiger partial charge in [-0.3, -0.25) is 0 Å². The minimum absolute atomic E-state index is 0.551. The normalized spacial score (nSPS) is 16.7. The molecule has 1 aliphatic rings. The minimum atomic E-state index is 0.551. The summed E-state index contributed by atoms with van der Waals surface area (Å²) in [6.07, 6.45) is 12.0. The Morgan fingerprint density at radius 3 is 2.89 bits per heavy atom. The number of hydrogen-bond acceptors (Lipinski definition) is 5. The highest BCUT2D eigenvalue weighted by molar-refractivity contribution is 5.66. The first-order valence-corrected chi connectivity index (χ1v) is 6.83. The maximum Gasteiger partial charge on any atom is 0.180 e. The van der Waals surface area contributed by atoms with Gasteiger partial charge in [0.25, 0.3) is 0 Å². The van der Waals surface area contributed by atoms with Crippen LogP contribution in [0.15, 0.2) is 18.6 Å². The van der Waals surface area contributed by atoms with Crippen LogP contribution in [-0.2, 0) is 0 Å². The van der Waals surface area contributed by atoms with Crippen molar-refractivity contribution in [1.82, 2.24) is 14.4 Å². The third kappa shape index (κ3) is 2.23. The second kappa shape index (κ2) is 5.05. The van der Waals surface area contributed by atoms with E-state index in [1.54, 1.807) is 6.20 Å². The third-order valence-electron chi connectivity index (χ3n) is 3.96. The number of nitrogens with zero attached hydrogens (tertiary/aromatic N) is 4. The molecule has 19 heavy (non-hydrogen) atoms. The van der Waals surface area contributed by atoms with E-state index in [2.05, 4.69) is 27.3 Å². The monoisotopic (exact) mass is 260 g/mol. The first kappa shape index (κ1) is 12.2. The number of nitrogens with one attached hydrogen (secondary N) is 1. The van der Waals surface area contributed by atoms with Crippen LogP contribution in [0.5, 0.6) is 0 Å². The summed E-state index contributed by atoms with van der Waals surface area (Å²) < 4.78 is 1.96. The summed E-state index contributed by atoms with van der Waals surface area (Å²) in [7, 11) is 2.10. The number of hydrogen-bond donors (Lipinski definition) is 2. The van der Waals surface area contributed by atoms with E-state index in [4.69, 9.17) is 5.84 Å². The van der Waals surface area contributed by atoms with Gasteiger partial charge in [0.05, 0.1) is 6.20 Å². The first-order valence-electron chi connectivity index (χ1n) is 6.83. The molecule has 0 aliphatic heterocycles. The van der Waals surface area contributed by atoms with E-state index in [0.717, 1.165) is 11.5 Å². The molecule has 0 aromatic carbocycles. The molecule has 6 heteroatoms. The Kier molecular flexibility index (Phi) is 3.25. The Morgan fingerprint density at radius 1 is 1.37 bits per heavy atom. The summed E-state index contributed by atoms with van der Waals surface area (Å²) in [5, 5.41) is 0. The largest absolute Gasteiger partial charge is 0.354 e. The summed E-state index contributed by atoms with van der Waals surface area (Å²) in [6, 6.07) is 0.551. The molecule has 102 valence electrons. The van der Waals surface area contributed by atoms with Crippen LogP contribution >= 0.6 is 0 Å². The van der Waals surface area contributed by atoms with Gasteiger partial charge in [0, 0.05) is 25.5 Å². The molecule has 2 heterocycles. The quantitative estimate of drug-likeness (QED) is 0.650. The fourth-order valence-corrected chi connectivity index (χ4v) is 2.86. The zero-order valence-electron chi connectivity index (χ0n) is 11.2. The van der Waals surface area contributed by atoms with Crippen molar-refractivity contribution in [3.63, 3.8) is 0 Å². The predicted octanol–water partition coefficient (Wildman–Crippen LogP) is 1.78. The maximum atomic E-state index is 5.49. The number of aromatic nitrogens is 3. The predicted molar refractivity (Wildman–Crippen MR) is 76.1 cm³/mol. The van der Waals surface area contributed by atoms with Crippen molar-refractivity contribution in [2.45, 2.75) is 38.1 Å². The minimum Gasteiger partial charge on any atom is -0.354 e. The average Bonchev–Trinajstić information content (AvgIpc) is 2.94. The number of hydrazine groups is 1. The van der Waals surface area contributed by atoms with Crippen LogP contribution in [-0.4, -0.2) is 27.5 Å². The van der Waals surface area contributed by atoms with E-state index in [-0.39, 0.29) is 0 Å². The molecule has 2 aromatic heterocycles. The molecule has 3 rings (SSSR count). The number of nitrogens with two attached hydrogens (primary N) is 1. The molecule has 0 spiro atoms. The van der Waals surface area contributed by atoms with Crippen LogP contribution in [0.4, 0.5) is 11.6 Å². The molecule has 1 fully saturated rings. The molecule has 0 unspecified atom stereocenters. The van der Waals surface area contributed by atoms with E-state index >= 15 is 0 Å². The van der Waals surface area contributed by atoms with E-state index in [1.807, 2.05) is 16.8 Å². The molecule has 0 radical (unpaired) electrons. The van der Waals surface area contributed by atoms with Gasteiger partial charge in [-0.1, -0.05) is 19.3 Å². The number of fused-ring (bicyclic) bond motifs is 1. The van der Waals surface area contributed by atoms with Crippen molar-refractivity contribution >= 4 is 17.3 Å². The van der Waals surface area contributed by atoms with Crippen molar-refractivity contribution in [2.75, 3.05) is 17.4 Å². The molecule has 0 amide bonds. The van der Waals surface area contributed by atoms with Crippen molar-refractivity contribution in [3.8, 4) is 0 Å². The number of rotatable bonds is 3. The Bertz CT molecular complexity index is 557. The summed E-state index contributed by atoms with van der Waals surface area (Å²) >= 11 is 0. The van der Waals surface area contributed by atoms with E-state index in [9.17, 15) is 0 Å². The van der Waals surface area contributed by atoms with Gasteiger partial charge in [-0.2, -0.15) is 0 Å². The van der Waals surface area contributed by atoms with Gasteiger partial charge in [-0.05, 0) is 12.8 Å². The summed E-state index contributed by atoms with van der Waals surface area (Å²) in [4.78, 5) is 11.2. The first-order chi connectivity index (χ1) is 9.29. The van der Waals surface area contributed by atoms with Gasteiger partial charge < -0.3 is 14.7 Å². The van der Waals surface area contributed by atoms with Gasteiger partial charge >= 0.3 is 0 Å². The lowest BCUT2D eigenvalue weighted by Gasteiger charge is -2.32. The van der Waals surface area contributed by atoms with Gasteiger partial charge in [0.1, 0.15) is 0 Å². The van der Waals surface area contributed by atoms with Gasteiger partial charge in [0.15, 0.2) is 17.3 Å². The number of anilines is 2. The number of imidazole rings is 1. The molecule has 1 saturated carbocycles. The summed E-state index contributed by atoms with van der Waals surface area (Å²) in [5.41, 5.74) is 3.50. The summed E-state index contributed by atoms with van der Waals surface area (Å²) in [6.45, 7) is 0. The van der Waals surface area contributed by atoms with Gasteiger partial charge in [0.2, 0.25) is 0 Å². The van der Waals surface area contributed by atoms with E-state index in [0.29, 0.717) is 11.9 Å². The average molecular weight is 260 g/mol. The fraction of sp³-hybridized carbons (Fsp3) is 0.538. The molecule has 0 atom stereocenters. The van der Waals surface area contributed by atoms with Crippen molar-refractivity contribution in [1.29, 1.82) is 0 Å². The SMILES string of the molecule is CN(c1nc(NN)cn2ccnc12)C1CCCCC1. The van der Waals surface area contributed by atoms with Crippen LogP contribution in [0, 0.1) is 0 Å².